The maximum atomic E-state index is 13.2. The Hall–Kier alpha value is -1.95. The minimum Gasteiger partial charge on any atom is -0.356 e. The van der Waals surface area contributed by atoms with Crippen molar-refractivity contribution in [2.24, 2.45) is 5.92 Å². The normalized spacial score (nSPS) is 18.8. The molecular weight excluding hydrogens is 319 g/mol. The number of likely N-dealkylation sites (tertiary alicyclic amines) is 1. The van der Waals surface area contributed by atoms with E-state index in [0.717, 1.165) is 55.6 Å². The van der Waals surface area contributed by atoms with Crippen molar-refractivity contribution in [3.8, 4) is 0 Å². The summed E-state index contributed by atoms with van der Waals surface area (Å²) >= 11 is 0. The minimum absolute atomic E-state index is 0.102. The number of nitrogens with one attached hydrogen (secondary N) is 2. The molecule has 1 saturated heterocycles. The van der Waals surface area contributed by atoms with Crippen LogP contribution in [0, 0.1) is 11.7 Å². The van der Waals surface area contributed by atoms with Crippen molar-refractivity contribution < 1.29 is 9.18 Å². The van der Waals surface area contributed by atoms with Gasteiger partial charge in [0.25, 0.3) is 0 Å². The molecule has 136 valence electrons. The molecule has 25 heavy (non-hydrogen) atoms. The van der Waals surface area contributed by atoms with Crippen LogP contribution in [0.4, 0.5) is 4.39 Å². The second-order valence-corrected chi connectivity index (χ2v) is 7.17. The molecule has 0 aliphatic carbocycles. The first-order valence-electron chi connectivity index (χ1n) is 9.19. The number of hydrogen-bond donors (Lipinski definition) is 2. The third kappa shape index (κ3) is 4.57. The zero-order chi connectivity index (χ0) is 17.8. The van der Waals surface area contributed by atoms with Crippen LogP contribution in [0.25, 0.3) is 11.0 Å². The molecule has 0 bridgehead atoms. The van der Waals surface area contributed by atoms with Crippen molar-refractivity contribution in [3.05, 3.63) is 29.8 Å². The third-order valence-electron chi connectivity index (χ3n) is 4.94. The first-order valence-corrected chi connectivity index (χ1v) is 9.19. The Balaban J connectivity index is 1.43. The summed E-state index contributed by atoms with van der Waals surface area (Å²) in [5, 5.41) is 3.06. The van der Waals surface area contributed by atoms with Gasteiger partial charge in [-0.2, -0.15) is 0 Å². The molecule has 2 N–H and O–H groups in total. The van der Waals surface area contributed by atoms with Crippen LogP contribution in [0.3, 0.4) is 0 Å². The summed E-state index contributed by atoms with van der Waals surface area (Å²) < 4.78 is 13.2. The maximum Gasteiger partial charge on any atom is 0.224 e. The zero-order valence-corrected chi connectivity index (χ0v) is 15.0. The molecule has 1 unspecified atom stereocenters. The molecule has 1 aromatic carbocycles. The number of aryl methyl sites for hydroxylation is 1. The Kier molecular flexibility index (Phi) is 5.68. The average molecular weight is 346 g/mol. The fraction of sp³-hybridized carbons (Fsp3) is 0.579. The number of nitrogens with zero attached hydrogens (tertiary/aromatic N) is 2. The van der Waals surface area contributed by atoms with E-state index in [-0.39, 0.29) is 17.6 Å². The number of aromatic nitrogens is 2. The molecule has 0 saturated carbocycles. The number of carbonyl (C=O) groups excluding carboxylic acids is 1. The van der Waals surface area contributed by atoms with Gasteiger partial charge in [-0.05, 0) is 57.9 Å². The molecule has 2 heterocycles. The number of halogens is 1. The average Bonchev–Trinajstić information content (AvgIpc) is 3.00. The largest absolute Gasteiger partial charge is 0.356 e. The molecule has 1 atom stereocenters. The lowest BCUT2D eigenvalue weighted by atomic mass is 9.96. The van der Waals surface area contributed by atoms with Gasteiger partial charge < -0.3 is 15.2 Å². The first-order chi connectivity index (χ1) is 12.0. The van der Waals surface area contributed by atoms with E-state index in [0.29, 0.717) is 12.6 Å². The number of aromatic amines is 1. The van der Waals surface area contributed by atoms with Gasteiger partial charge in [0.05, 0.1) is 17.0 Å². The van der Waals surface area contributed by atoms with Crippen molar-refractivity contribution in [1.82, 2.24) is 20.2 Å². The Morgan fingerprint density at radius 3 is 3.12 bits per heavy atom. The van der Waals surface area contributed by atoms with E-state index in [1.54, 1.807) is 6.07 Å². The fourth-order valence-electron chi connectivity index (χ4n) is 3.45. The molecular formula is C19H27FN4O. The van der Waals surface area contributed by atoms with Crippen LogP contribution in [0.1, 0.15) is 38.9 Å². The van der Waals surface area contributed by atoms with E-state index in [9.17, 15) is 9.18 Å². The summed E-state index contributed by atoms with van der Waals surface area (Å²) in [5.74, 6) is 0.832. The second kappa shape index (κ2) is 7.95. The van der Waals surface area contributed by atoms with Gasteiger partial charge in [-0.15, -0.1) is 0 Å². The highest BCUT2D eigenvalue weighted by Crippen LogP contribution is 2.18. The summed E-state index contributed by atoms with van der Waals surface area (Å²) in [5.41, 5.74) is 1.49. The van der Waals surface area contributed by atoms with Crippen molar-refractivity contribution in [1.29, 1.82) is 0 Å². The van der Waals surface area contributed by atoms with Crippen molar-refractivity contribution in [2.45, 2.75) is 45.6 Å². The fourth-order valence-corrected chi connectivity index (χ4v) is 3.45. The number of hydrogen-bond acceptors (Lipinski definition) is 3. The number of fused-ring (bicyclic) bond motifs is 1. The molecule has 6 heteroatoms. The molecule has 0 radical (unpaired) electrons. The highest BCUT2D eigenvalue weighted by molar-refractivity contribution is 5.79. The van der Waals surface area contributed by atoms with Crippen molar-refractivity contribution >= 4 is 16.9 Å². The van der Waals surface area contributed by atoms with Gasteiger partial charge in [0.1, 0.15) is 11.6 Å². The lowest BCUT2D eigenvalue weighted by Gasteiger charge is -2.34. The molecule has 5 nitrogen and oxygen atoms in total. The summed E-state index contributed by atoms with van der Waals surface area (Å²) in [6.45, 7) is 6.95. The Bertz CT molecular complexity index is 727. The van der Waals surface area contributed by atoms with Crippen LogP contribution >= 0.6 is 0 Å². The lowest BCUT2D eigenvalue weighted by molar-refractivity contribution is -0.126. The van der Waals surface area contributed by atoms with E-state index in [2.05, 4.69) is 34.0 Å². The minimum atomic E-state index is -0.266. The summed E-state index contributed by atoms with van der Waals surface area (Å²) in [4.78, 5) is 22.3. The maximum absolute atomic E-state index is 13.2. The Morgan fingerprint density at radius 1 is 1.48 bits per heavy atom. The van der Waals surface area contributed by atoms with Crippen molar-refractivity contribution in [3.63, 3.8) is 0 Å². The van der Waals surface area contributed by atoms with Crippen LogP contribution in [-0.4, -0.2) is 46.5 Å². The monoisotopic (exact) mass is 346 g/mol. The van der Waals surface area contributed by atoms with Gasteiger partial charge in [-0.3, -0.25) is 4.79 Å². The Labute approximate surface area is 148 Å². The number of amides is 1. The van der Waals surface area contributed by atoms with E-state index in [1.165, 1.54) is 12.1 Å². The molecule has 1 aromatic heterocycles. The number of imidazole rings is 1. The van der Waals surface area contributed by atoms with Gasteiger partial charge in [-0.25, -0.2) is 9.37 Å². The van der Waals surface area contributed by atoms with E-state index in [1.807, 2.05) is 0 Å². The highest BCUT2D eigenvalue weighted by Gasteiger charge is 2.26. The molecule has 1 aliphatic heterocycles. The first kappa shape index (κ1) is 17.9. The number of piperidine rings is 1. The van der Waals surface area contributed by atoms with Gasteiger partial charge >= 0.3 is 0 Å². The van der Waals surface area contributed by atoms with Gasteiger partial charge in [0.15, 0.2) is 0 Å². The van der Waals surface area contributed by atoms with Crippen LogP contribution in [0.5, 0.6) is 0 Å². The third-order valence-corrected chi connectivity index (χ3v) is 4.94. The molecule has 1 aliphatic rings. The number of benzene rings is 1. The second-order valence-electron chi connectivity index (χ2n) is 7.17. The quantitative estimate of drug-likeness (QED) is 0.791. The van der Waals surface area contributed by atoms with Crippen LogP contribution in [0.15, 0.2) is 18.2 Å². The molecule has 3 rings (SSSR count). The standard InChI is InChI=1S/C19H27FN4O/c1-13(2)24-10-4-5-14(12-24)19(25)21-9-3-6-18-22-16-8-7-15(20)11-17(16)23-18/h7-8,11,13-14H,3-6,9-10,12H2,1-2H3,(H,21,25)(H,22,23). The molecule has 1 amide bonds. The summed E-state index contributed by atoms with van der Waals surface area (Å²) in [7, 11) is 0. The number of carbonyl (C=O) groups is 1. The molecule has 0 spiro atoms. The topological polar surface area (TPSA) is 61.0 Å². The van der Waals surface area contributed by atoms with Gasteiger partial charge in [-0.1, -0.05) is 0 Å². The lowest BCUT2D eigenvalue weighted by Crippen LogP contribution is -2.45. The van der Waals surface area contributed by atoms with Crippen LogP contribution in [0.2, 0.25) is 0 Å². The number of rotatable bonds is 6. The predicted molar refractivity (Wildman–Crippen MR) is 96.8 cm³/mol. The Morgan fingerprint density at radius 2 is 2.32 bits per heavy atom. The predicted octanol–water partition coefficient (Wildman–Crippen LogP) is 2.87. The zero-order valence-electron chi connectivity index (χ0n) is 15.0. The van der Waals surface area contributed by atoms with Crippen LogP contribution < -0.4 is 5.32 Å². The van der Waals surface area contributed by atoms with Gasteiger partial charge in [0, 0.05) is 25.6 Å². The van der Waals surface area contributed by atoms with Crippen molar-refractivity contribution in [2.75, 3.05) is 19.6 Å². The highest BCUT2D eigenvalue weighted by atomic mass is 19.1. The van der Waals surface area contributed by atoms with Gasteiger partial charge in [0.2, 0.25) is 5.91 Å². The van der Waals surface area contributed by atoms with E-state index in [4.69, 9.17) is 0 Å². The molecule has 1 fully saturated rings. The van der Waals surface area contributed by atoms with E-state index >= 15 is 0 Å². The van der Waals surface area contributed by atoms with E-state index < -0.39 is 0 Å². The summed E-state index contributed by atoms with van der Waals surface area (Å²) in [6.07, 6.45) is 3.62. The van der Waals surface area contributed by atoms with Crippen LogP contribution in [-0.2, 0) is 11.2 Å². The SMILES string of the molecule is CC(C)N1CCCC(C(=O)NCCCc2nc3ccc(F)cc3[nH]2)C1. The number of H-pyrrole nitrogens is 1. The summed E-state index contributed by atoms with van der Waals surface area (Å²) in [6, 6.07) is 5.04. The smallest absolute Gasteiger partial charge is 0.224 e. The molecule has 2 aromatic rings.